The number of hydrogen-bond donors (Lipinski definition) is 1. The van der Waals surface area contributed by atoms with E-state index in [9.17, 15) is 4.79 Å². The van der Waals surface area contributed by atoms with Gasteiger partial charge in [-0.2, -0.15) is 0 Å². The molecule has 0 saturated heterocycles. The highest BCUT2D eigenvalue weighted by atomic mass is 16.5. The van der Waals surface area contributed by atoms with Crippen LogP contribution >= 0.6 is 0 Å². The second-order valence-corrected chi connectivity index (χ2v) is 3.92. The Morgan fingerprint density at radius 2 is 2.12 bits per heavy atom. The van der Waals surface area contributed by atoms with Gasteiger partial charge in [-0.15, -0.1) is 10.2 Å². The molecule has 1 fully saturated rings. The summed E-state index contributed by atoms with van der Waals surface area (Å²) in [6.45, 7) is 0. The number of carbonyl (C=O) groups excluding carboxylic acids is 1. The molecular formula is C11H15N3O2. The molecule has 0 unspecified atom stereocenters. The summed E-state index contributed by atoms with van der Waals surface area (Å²) >= 11 is 0. The van der Waals surface area contributed by atoms with Crippen molar-refractivity contribution in [3.05, 3.63) is 17.8 Å². The zero-order valence-electron chi connectivity index (χ0n) is 9.27. The van der Waals surface area contributed by atoms with E-state index < -0.39 is 0 Å². The second kappa shape index (κ2) is 4.92. The fraction of sp³-hybridized carbons (Fsp3) is 0.545. The number of ether oxygens (including phenoxy) is 1. The Bertz CT molecular complexity index is 358. The number of nitrogens with one attached hydrogen (secondary N) is 1. The highest BCUT2D eigenvalue weighted by Gasteiger charge is 2.18. The number of hydrogen-bond acceptors (Lipinski definition) is 4. The van der Waals surface area contributed by atoms with Gasteiger partial charge in [0.2, 0.25) is 5.88 Å². The lowest BCUT2D eigenvalue weighted by Gasteiger charge is -2.10. The van der Waals surface area contributed by atoms with Crippen LogP contribution < -0.4 is 10.1 Å². The lowest BCUT2D eigenvalue weighted by Crippen LogP contribution is -2.33. The van der Waals surface area contributed by atoms with E-state index in [4.69, 9.17) is 4.74 Å². The van der Waals surface area contributed by atoms with Gasteiger partial charge >= 0.3 is 0 Å². The predicted octanol–water partition coefficient (Wildman–Crippen LogP) is 1.16. The number of amides is 1. The maximum Gasteiger partial charge on any atom is 0.272 e. The summed E-state index contributed by atoms with van der Waals surface area (Å²) < 4.78 is 4.88. The second-order valence-electron chi connectivity index (χ2n) is 3.92. The average Bonchev–Trinajstić information content (AvgIpc) is 2.82. The van der Waals surface area contributed by atoms with Crippen molar-refractivity contribution in [2.75, 3.05) is 7.11 Å². The van der Waals surface area contributed by atoms with Crippen molar-refractivity contribution in [1.29, 1.82) is 0 Å². The van der Waals surface area contributed by atoms with Crippen LogP contribution in [0.2, 0.25) is 0 Å². The van der Waals surface area contributed by atoms with Crippen LogP contribution in [0.5, 0.6) is 5.88 Å². The molecule has 1 N–H and O–H groups in total. The number of nitrogens with zero attached hydrogens (tertiary/aromatic N) is 2. The smallest absolute Gasteiger partial charge is 0.272 e. The minimum Gasteiger partial charge on any atom is -0.480 e. The monoisotopic (exact) mass is 221 g/mol. The molecule has 86 valence electrons. The molecule has 5 heteroatoms. The van der Waals surface area contributed by atoms with Gasteiger partial charge < -0.3 is 10.1 Å². The summed E-state index contributed by atoms with van der Waals surface area (Å²) in [7, 11) is 1.52. The summed E-state index contributed by atoms with van der Waals surface area (Å²) in [5.41, 5.74) is 0.340. The molecule has 1 saturated carbocycles. The molecule has 1 aliphatic carbocycles. The molecule has 0 atom stereocenters. The van der Waals surface area contributed by atoms with Gasteiger partial charge in [-0.1, -0.05) is 12.8 Å². The standard InChI is InChI=1S/C11H15N3O2/c1-16-10-7-6-9(13-14-10)11(15)12-8-4-2-3-5-8/h6-8H,2-5H2,1H3,(H,12,15). The van der Waals surface area contributed by atoms with Crippen LogP contribution in [-0.4, -0.2) is 29.3 Å². The van der Waals surface area contributed by atoms with Gasteiger partial charge in [0.15, 0.2) is 5.69 Å². The van der Waals surface area contributed by atoms with Crippen LogP contribution in [0.25, 0.3) is 0 Å². The third-order valence-electron chi connectivity index (χ3n) is 2.77. The molecule has 0 radical (unpaired) electrons. The van der Waals surface area contributed by atoms with Gasteiger partial charge in [-0.05, 0) is 18.9 Å². The van der Waals surface area contributed by atoms with Gasteiger partial charge in [0.25, 0.3) is 5.91 Å². The van der Waals surface area contributed by atoms with Crippen LogP contribution in [0, 0.1) is 0 Å². The molecule has 1 aromatic rings. The Balaban J connectivity index is 1.97. The van der Waals surface area contributed by atoms with Gasteiger partial charge in [-0.25, -0.2) is 0 Å². The van der Waals surface area contributed by atoms with Crippen LogP contribution in [-0.2, 0) is 0 Å². The topological polar surface area (TPSA) is 64.1 Å². The first-order valence-corrected chi connectivity index (χ1v) is 5.48. The van der Waals surface area contributed by atoms with Crippen LogP contribution in [0.3, 0.4) is 0 Å². The molecule has 16 heavy (non-hydrogen) atoms. The lowest BCUT2D eigenvalue weighted by atomic mass is 10.2. The van der Waals surface area contributed by atoms with Crippen LogP contribution in [0.15, 0.2) is 12.1 Å². The Labute approximate surface area is 94.2 Å². The number of aromatic nitrogens is 2. The van der Waals surface area contributed by atoms with Crippen LogP contribution in [0.1, 0.15) is 36.2 Å². The van der Waals surface area contributed by atoms with E-state index in [1.165, 1.54) is 20.0 Å². The molecule has 0 spiro atoms. The third-order valence-corrected chi connectivity index (χ3v) is 2.77. The lowest BCUT2D eigenvalue weighted by molar-refractivity contribution is 0.0931. The maximum absolute atomic E-state index is 11.7. The van der Waals surface area contributed by atoms with Gasteiger partial charge in [0.1, 0.15) is 0 Å². The Morgan fingerprint density at radius 1 is 1.38 bits per heavy atom. The molecule has 5 nitrogen and oxygen atoms in total. The van der Waals surface area contributed by atoms with E-state index in [1.807, 2.05) is 0 Å². The molecule has 0 bridgehead atoms. The maximum atomic E-state index is 11.7. The van der Waals surface area contributed by atoms with E-state index in [1.54, 1.807) is 12.1 Å². The zero-order chi connectivity index (χ0) is 11.4. The Kier molecular flexibility index (Phi) is 3.34. The minimum absolute atomic E-state index is 0.151. The molecule has 1 heterocycles. The third kappa shape index (κ3) is 2.48. The van der Waals surface area contributed by atoms with Crippen LogP contribution in [0.4, 0.5) is 0 Å². The molecule has 1 amide bonds. The van der Waals surface area contributed by atoms with E-state index >= 15 is 0 Å². The summed E-state index contributed by atoms with van der Waals surface area (Å²) in [5.74, 6) is 0.263. The number of carbonyl (C=O) groups is 1. The number of rotatable bonds is 3. The molecule has 0 aromatic carbocycles. The van der Waals surface area contributed by atoms with E-state index in [-0.39, 0.29) is 5.91 Å². The summed E-state index contributed by atoms with van der Waals surface area (Å²) in [6, 6.07) is 3.56. The van der Waals surface area contributed by atoms with Crippen molar-refractivity contribution >= 4 is 5.91 Å². The van der Waals surface area contributed by atoms with E-state index in [0.29, 0.717) is 17.6 Å². The highest BCUT2D eigenvalue weighted by Crippen LogP contribution is 2.17. The zero-order valence-corrected chi connectivity index (χ0v) is 9.27. The van der Waals surface area contributed by atoms with Crippen molar-refractivity contribution in [3.8, 4) is 5.88 Å². The minimum atomic E-state index is -0.151. The Hall–Kier alpha value is -1.65. The first-order chi connectivity index (χ1) is 7.79. The molecule has 1 aromatic heterocycles. The molecular weight excluding hydrogens is 206 g/mol. The van der Waals surface area contributed by atoms with Crippen molar-refractivity contribution in [2.24, 2.45) is 0 Å². The fourth-order valence-electron chi connectivity index (χ4n) is 1.88. The summed E-state index contributed by atoms with van der Waals surface area (Å²) in [4.78, 5) is 11.7. The predicted molar refractivity (Wildman–Crippen MR) is 58.3 cm³/mol. The quantitative estimate of drug-likeness (QED) is 0.831. The summed E-state index contributed by atoms with van der Waals surface area (Å²) in [6.07, 6.45) is 4.52. The summed E-state index contributed by atoms with van der Waals surface area (Å²) in [5, 5.41) is 10.5. The first kappa shape index (κ1) is 10.9. The largest absolute Gasteiger partial charge is 0.480 e. The van der Waals surface area contributed by atoms with Crippen molar-refractivity contribution in [2.45, 2.75) is 31.7 Å². The normalized spacial score (nSPS) is 16.1. The van der Waals surface area contributed by atoms with E-state index in [0.717, 1.165) is 12.8 Å². The fourth-order valence-corrected chi connectivity index (χ4v) is 1.88. The van der Waals surface area contributed by atoms with Crippen molar-refractivity contribution < 1.29 is 9.53 Å². The Morgan fingerprint density at radius 3 is 2.69 bits per heavy atom. The van der Waals surface area contributed by atoms with E-state index in [2.05, 4.69) is 15.5 Å². The van der Waals surface area contributed by atoms with Gasteiger partial charge in [-0.3, -0.25) is 4.79 Å². The highest BCUT2D eigenvalue weighted by molar-refractivity contribution is 5.92. The van der Waals surface area contributed by atoms with Crippen molar-refractivity contribution in [1.82, 2.24) is 15.5 Å². The van der Waals surface area contributed by atoms with Crippen molar-refractivity contribution in [3.63, 3.8) is 0 Å². The number of methoxy groups -OCH3 is 1. The van der Waals surface area contributed by atoms with Gasteiger partial charge in [0, 0.05) is 12.1 Å². The first-order valence-electron chi connectivity index (χ1n) is 5.48. The SMILES string of the molecule is COc1ccc(C(=O)NC2CCCC2)nn1. The van der Waals surface area contributed by atoms with Gasteiger partial charge in [0.05, 0.1) is 7.11 Å². The average molecular weight is 221 g/mol. The molecule has 1 aliphatic rings. The molecule has 2 rings (SSSR count). The molecule has 0 aliphatic heterocycles.